The lowest BCUT2D eigenvalue weighted by Gasteiger charge is -2.25. The molecule has 0 bridgehead atoms. The first kappa shape index (κ1) is 26.1. The van der Waals surface area contributed by atoms with E-state index in [0.29, 0.717) is 10.6 Å². The highest BCUT2D eigenvalue weighted by atomic mass is 35.5. The van der Waals surface area contributed by atoms with Crippen molar-refractivity contribution < 1.29 is 18.1 Å². The number of hydrogen-bond acceptors (Lipinski definition) is 6. The third-order valence-electron chi connectivity index (χ3n) is 4.92. The van der Waals surface area contributed by atoms with Crippen LogP contribution in [0.4, 0.5) is 11.4 Å². The first-order chi connectivity index (χ1) is 16.5. The fraction of sp³-hybridized carbons (Fsp3) is 0.130. The highest BCUT2D eigenvalue weighted by molar-refractivity contribution is 7.92. The molecule has 3 aromatic carbocycles. The van der Waals surface area contributed by atoms with E-state index in [-0.39, 0.29) is 26.9 Å². The number of nitro benzene ring substituents is 1. The summed E-state index contributed by atoms with van der Waals surface area (Å²) in [4.78, 5) is 23.1. The van der Waals surface area contributed by atoms with Gasteiger partial charge in [0.15, 0.2) is 0 Å². The number of halogens is 2. The molecule has 0 heterocycles. The molecule has 0 saturated heterocycles. The Morgan fingerprint density at radius 1 is 1.09 bits per heavy atom. The molecule has 0 aliphatic heterocycles. The van der Waals surface area contributed by atoms with Gasteiger partial charge in [-0.25, -0.2) is 13.8 Å². The molecule has 3 aromatic rings. The molecule has 182 valence electrons. The first-order valence-corrected chi connectivity index (χ1v) is 12.3. The molecular formula is C23H20Cl2N4O5S. The van der Waals surface area contributed by atoms with Crippen LogP contribution in [0.25, 0.3) is 0 Å². The predicted octanol–water partition coefficient (Wildman–Crippen LogP) is 4.86. The number of nitrogens with zero attached hydrogens (tertiary/aromatic N) is 3. The van der Waals surface area contributed by atoms with Crippen LogP contribution in [0.1, 0.15) is 16.7 Å². The van der Waals surface area contributed by atoms with Crippen LogP contribution in [0, 0.1) is 24.0 Å². The van der Waals surface area contributed by atoms with Gasteiger partial charge < -0.3 is 0 Å². The van der Waals surface area contributed by atoms with Crippen molar-refractivity contribution in [1.29, 1.82) is 0 Å². The van der Waals surface area contributed by atoms with Gasteiger partial charge in [-0.1, -0.05) is 47.0 Å². The predicted molar refractivity (Wildman–Crippen MR) is 136 cm³/mol. The number of nitro groups is 1. The minimum absolute atomic E-state index is 0.00199. The zero-order valence-electron chi connectivity index (χ0n) is 18.6. The third-order valence-corrected chi connectivity index (χ3v) is 7.27. The summed E-state index contributed by atoms with van der Waals surface area (Å²) in [7, 11) is -4.14. The lowest BCUT2D eigenvalue weighted by molar-refractivity contribution is -0.384. The van der Waals surface area contributed by atoms with Crippen LogP contribution >= 0.6 is 23.2 Å². The number of hydrogen-bond donors (Lipinski definition) is 1. The van der Waals surface area contributed by atoms with Crippen LogP contribution in [-0.2, 0) is 14.8 Å². The van der Waals surface area contributed by atoms with Gasteiger partial charge in [-0.15, -0.1) is 0 Å². The Morgan fingerprint density at radius 2 is 1.77 bits per heavy atom. The normalized spacial score (nSPS) is 11.4. The second kappa shape index (κ2) is 10.9. The van der Waals surface area contributed by atoms with Crippen molar-refractivity contribution in [1.82, 2.24) is 5.43 Å². The summed E-state index contributed by atoms with van der Waals surface area (Å²) in [5.41, 5.74) is 3.94. The average Bonchev–Trinajstić information content (AvgIpc) is 2.80. The lowest BCUT2D eigenvalue weighted by Crippen LogP contribution is -2.40. The van der Waals surface area contributed by atoms with Crippen molar-refractivity contribution >= 4 is 56.7 Å². The highest BCUT2D eigenvalue weighted by Crippen LogP contribution is 2.29. The lowest BCUT2D eigenvalue weighted by atomic mass is 10.2. The number of non-ortho nitro benzene ring substituents is 1. The Hall–Kier alpha value is -3.47. The Bertz CT molecular complexity index is 1410. The van der Waals surface area contributed by atoms with Crippen LogP contribution in [-0.4, -0.2) is 32.0 Å². The standard InChI is InChI=1S/C23H20Cl2N4O5S/c1-15-3-8-20(9-4-15)35(33,34)28(22-12-18(24)6-5-16(22)2)14-23(30)27-26-13-17-11-19(29(31)32)7-10-21(17)25/h3-13H,14H2,1-2H3,(H,27,30)/b26-13-. The molecule has 9 nitrogen and oxygen atoms in total. The molecule has 1 N–H and O–H groups in total. The van der Waals surface area contributed by atoms with Gasteiger partial charge in [0.05, 0.1) is 21.7 Å². The smallest absolute Gasteiger partial charge is 0.270 e. The van der Waals surface area contributed by atoms with E-state index in [2.05, 4.69) is 10.5 Å². The van der Waals surface area contributed by atoms with Gasteiger partial charge in [-0.3, -0.25) is 19.2 Å². The van der Waals surface area contributed by atoms with Crippen LogP contribution in [0.3, 0.4) is 0 Å². The molecule has 0 unspecified atom stereocenters. The van der Waals surface area contributed by atoms with Gasteiger partial charge in [0.25, 0.3) is 21.6 Å². The Balaban J connectivity index is 1.89. The number of nitrogens with one attached hydrogen (secondary N) is 1. The van der Waals surface area contributed by atoms with Gasteiger partial charge in [0.1, 0.15) is 6.54 Å². The zero-order chi connectivity index (χ0) is 25.8. The second-order valence-corrected chi connectivity index (χ2v) is 10.2. The minimum Gasteiger partial charge on any atom is -0.271 e. The number of benzene rings is 3. The summed E-state index contributed by atoms with van der Waals surface area (Å²) in [6.45, 7) is 2.93. The molecule has 0 saturated carbocycles. The Kier molecular flexibility index (Phi) is 8.11. The number of hydrazone groups is 1. The number of amides is 1. The molecule has 0 aliphatic carbocycles. The van der Waals surface area contributed by atoms with Crippen molar-refractivity contribution in [3.8, 4) is 0 Å². The summed E-state index contributed by atoms with van der Waals surface area (Å²) in [5, 5.41) is 15.2. The van der Waals surface area contributed by atoms with E-state index < -0.39 is 27.4 Å². The number of aryl methyl sites for hydroxylation is 2. The molecule has 3 rings (SSSR count). The molecule has 12 heteroatoms. The number of carbonyl (C=O) groups excluding carboxylic acids is 1. The van der Waals surface area contributed by atoms with Crippen LogP contribution in [0.5, 0.6) is 0 Å². The Morgan fingerprint density at radius 3 is 2.43 bits per heavy atom. The first-order valence-electron chi connectivity index (χ1n) is 10.1. The second-order valence-electron chi connectivity index (χ2n) is 7.51. The van der Waals surface area contributed by atoms with Crippen molar-refractivity contribution in [3.05, 3.63) is 97.5 Å². The van der Waals surface area contributed by atoms with Crippen LogP contribution in [0.2, 0.25) is 10.0 Å². The minimum atomic E-state index is -4.14. The van der Waals surface area contributed by atoms with Gasteiger partial charge in [-0.2, -0.15) is 5.10 Å². The van der Waals surface area contributed by atoms with Crippen molar-refractivity contribution in [2.24, 2.45) is 5.10 Å². The van der Waals surface area contributed by atoms with Crippen molar-refractivity contribution in [2.45, 2.75) is 18.7 Å². The molecule has 1 amide bonds. The van der Waals surface area contributed by atoms with Gasteiger partial charge in [0, 0.05) is 27.7 Å². The molecule has 35 heavy (non-hydrogen) atoms. The van der Waals surface area contributed by atoms with Crippen LogP contribution < -0.4 is 9.73 Å². The van der Waals surface area contributed by atoms with E-state index >= 15 is 0 Å². The Labute approximate surface area is 212 Å². The fourth-order valence-corrected chi connectivity index (χ4v) is 4.88. The molecule has 0 radical (unpaired) electrons. The maximum absolute atomic E-state index is 13.5. The highest BCUT2D eigenvalue weighted by Gasteiger charge is 2.28. The topological polar surface area (TPSA) is 122 Å². The summed E-state index contributed by atoms with van der Waals surface area (Å²) < 4.78 is 27.9. The monoisotopic (exact) mass is 534 g/mol. The van der Waals surface area contributed by atoms with E-state index in [1.807, 2.05) is 6.92 Å². The zero-order valence-corrected chi connectivity index (χ0v) is 20.9. The summed E-state index contributed by atoms with van der Waals surface area (Å²) in [5.74, 6) is -0.752. The molecule has 0 aromatic heterocycles. The number of carbonyl (C=O) groups is 1. The number of rotatable bonds is 8. The third kappa shape index (κ3) is 6.36. The molecule has 0 fully saturated rings. The molecule has 0 atom stereocenters. The van der Waals surface area contributed by atoms with Crippen molar-refractivity contribution in [3.63, 3.8) is 0 Å². The van der Waals surface area contributed by atoms with Gasteiger partial charge >= 0.3 is 0 Å². The fourth-order valence-electron chi connectivity index (χ4n) is 3.07. The van der Waals surface area contributed by atoms with E-state index in [4.69, 9.17) is 23.2 Å². The van der Waals surface area contributed by atoms with Crippen LogP contribution in [0.15, 0.2) is 70.7 Å². The average molecular weight is 535 g/mol. The van der Waals surface area contributed by atoms with Crippen molar-refractivity contribution in [2.75, 3.05) is 10.8 Å². The maximum atomic E-state index is 13.5. The summed E-state index contributed by atoms with van der Waals surface area (Å²) in [6.07, 6.45) is 1.14. The molecular weight excluding hydrogens is 515 g/mol. The molecule has 0 aliphatic rings. The van der Waals surface area contributed by atoms with Gasteiger partial charge in [0.2, 0.25) is 0 Å². The van der Waals surface area contributed by atoms with E-state index in [1.54, 1.807) is 31.2 Å². The van der Waals surface area contributed by atoms with E-state index in [1.165, 1.54) is 36.4 Å². The molecule has 0 spiro atoms. The largest absolute Gasteiger partial charge is 0.271 e. The number of anilines is 1. The quantitative estimate of drug-likeness (QED) is 0.251. The SMILES string of the molecule is Cc1ccc(S(=O)(=O)N(CC(=O)N/N=C\c2cc([N+](=O)[O-])ccc2Cl)c2cc(Cl)ccc2C)cc1. The van der Waals surface area contributed by atoms with Gasteiger partial charge in [-0.05, 0) is 49.7 Å². The summed E-state index contributed by atoms with van der Waals surface area (Å²) >= 11 is 12.1. The van der Waals surface area contributed by atoms with E-state index in [9.17, 15) is 23.3 Å². The summed E-state index contributed by atoms with van der Waals surface area (Å²) in [6, 6.07) is 14.7. The van der Waals surface area contributed by atoms with E-state index in [0.717, 1.165) is 16.1 Å². The maximum Gasteiger partial charge on any atom is 0.270 e. The number of sulfonamides is 1.